The summed E-state index contributed by atoms with van der Waals surface area (Å²) in [4.78, 5) is 0. The average Bonchev–Trinajstić information content (AvgIpc) is 3.19. The summed E-state index contributed by atoms with van der Waals surface area (Å²) in [6.07, 6.45) is 0. The highest BCUT2D eigenvalue weighted by molar-refractivity contribution is 6.87. The van der Waals surface area contributed by atoms with Crippen molar-refractivity contribution in [2.75, 3.05) is 128 Å². The summed E-state index contributed by atoms with van der Waals surface area (Å²) >= 11 is 0. The zero-order valence-electron chi connectivity index (χ0n) is 32.2. The zero-order valence-corrected chi connectivity index (χ0v) is 40.2. The van der Waals surface area contributed by atoms with Crippen LogP contribution in [0.5, 0.6) is 0 Å². The summed E-state index contributed by atoms with van der Waals surface area (Å²) in [6, 6.07) is 0. The van der Waals surface area contributed by atoms with E-state index in [-0.39, 0.29) is 0 Å². The molecule has 0 radical (unpaired) electrons. The Balaban J connectivity index is 8.92. The fraction of sp³-hybridized carbons (Fsp3) is 1.00. The van der Waals surface area contributed by atoms with E-state index in [1.807, 2.05) is 0 Å². The van der Waals surface area contributed by atoms with E-state index in [4.69, 9.17) is 108 Å². The maximum atomic E-state index is 6.70. The molecule has 0 bridgehead atoms. The van der Waals surface area contributed by atoms with Crippen LogP contribution in [0.1, 0.15) is 0 Å². The van der Waals surface area contributed by atoms with Crippen LogP contribution in [0.25, 0.3) is 0 Å². The molecule has 308 valence electrons. The van der Waals surface area contributed by atoms with Crippen molar-refractivity contribution < 1.29 is 108 Å². The van der Waals surface area contributed by atoms with E-state index in [1.54, 1.807) is 0 Å². The van der Waals surface area contributed by atoms with Crippen molar-refractivity contribution in [2.24, 2.45) is 0 Å². The average molecular weight is 895 g/mol. The first-order valence-corrected chi connectivity index (χ1v) is 26.9. The minimum atomic E-state index is -5.63. The highest BCUT2D eigenvalue weighted by Gasteiger charge is 2.78. The first kappa shape index (κ1) is 51.7. The van der Waals surface area contributed by atoms with Crippen LogP contribution < -0.4 is 0 Å². The lowest BCUT2D eigenvalue weighted by Gasteiger charge is -2.45. The third-order valence-corrected chi connectivity index (χ3v) is 29.3. The van der Waals surface area contributed by atoms with Gasteiger partial charge in [0.15, 0.2) is 0 Å². The first-order chi connectivity index (χ1) is 24.0. The van der Waals surface area contributed by atoms with Gasteiger partial charge in [0, 0.05) is 128 Å². The van der Waals surface area contributed by atoms with Gasteiger partial charge in [0.25, 0.3) is 0 Å². The number of rotatable bonds is 32. The Morgan fingerprint density at radius 2 is 0.216 bits per heavy atom. The highest BCUT2D eigenvalue weighted by atomic mass is 28.6. The van der Waals surface area contributed by atoms with Crippen LogP contribution in [0, 0.1) is 0 Å². The molecule has 0 unspecified atom stereocenters. The topological polar surface area (TPSA) is 231 Å². The molecule has 0 heterocycles. The Labute approximate surface area is 308 Å². The lowest BCUT2D eigenvalue weighted by atomic mass is 11.8. The zero-order chi connectivity index (χ0) is 39.7. The van der Waals surface area contributed by atoms with Gasteiger partial charge in [-0.05, 0) is 0 Å². The van der Waals surface area contributed by atoms with E-state index < -0.39 is 72.4 Å². The second-order valence-electron chi connectivity index (χ2n) is 8.39. The molecule has 33 heteroatoms. The van der Waals surface area contributed by atoms with Gasteiger partial charge in [-0.1, -0.05) is 0 Å². The van der Waals surface area contributed by atoms with Crippen molar-refractivity contribution in [1.29, 1.82) is 0 Å². The first-order valence-electron chi connectivity index (χ1n) is 13.9. The molecule has 0 atom stereocenters. The molecule has 0 saturated heterocycles. The molecular formula is C18H54O25Si8. The van der Waals surface area contributed by atoms with Crippen molar-refractivity contribution in [3.8, 4) is 0 Å². The van der Waals surface area contributed by atoms with Crippen LogP contribution in [0.3, 0.4) is 0 Å². The molecule has 0 aromatic heterocycles. The summed E-state index contributed by atoms with van der Waals surface area (Å²) < 4.78 is 146. The lowest BCUT2D eigenvalue weighted by molar-refractivity contribution is -0.0849. The Bertz CT molecular complexity index is 706. The van der Waals surface area contributed by atoms with E-state index in [1.165, 1.54) is 128 Å². The summed E-state index contributed by atoms with van der Waals surface area (Å²) in [7, 11) is -16.5. The van der Waals surface area contributed by atoms with Gasteiger partial charge in [-0.2, -0.15) is 0 Å². The maximum Gasteiger partial charge on any atom is 0.673 e. The Kier molecular flexibility index (Phi) is 23.4. The SMILES string of the molecule is CO[Si](OC)(OC)O[Si](O[Si](OC)(OC)OC)(O[Si](OC)(OC)OC)O[Si](O[Si](OC)(OC)OC)(O[Si](OC)(OC)OC)O[Si](OC)(OC)OC. The largest absolute Gasteiger partial charge is 0.673 e. The molecule has 0 aromatic carbocycles. The molecule has 25 nitrogen and oxygen atoms in total. The number of hydrogen-bond acceptors (Lipinski definition) is 25. The maximum absolute atomic E-state index is 6.70. The summed E-state index contributed by atoms with van der Waals surface area (Å²) in [5.74, 6) is 0. The molecule has 0 aliphatic carbocycles. The predicted molar refractivity (Wildman–Crippen MR) is 180 cm³/mol. The number of hydrogen-bond donors (Lipinski definition) is 0. The Morgan fingerprint density at radius 3 is 0.294 bits per heavy atom. The van der Waals surface area contributed by atoms with E-state index in [0.29, 0.717) is 0 Å². The van der Waals surface area contributed by atoms with Gasteiger partial charge >= 0.3 is 72.4 Å². The van der Waals surface area contributed by atoms with Crippen LogP contribution in [0.4, 0.5) is 0 Å². The van der Waals surface area contributed by atoms with Crippen molar-refractivity contribution in [3.63, 3.8) is 0 Å². The molecular weight excluding hydrogens is 841 g/mol. The molecule has 0 N–H and O–H groups in total. The van der Waals surface area contributed by atoms with Crippen molar-refractivity contribution in [2.45, 2.75) is 0 Å². The third-order valence-electron chi connectivity index (χ3n) is 6.25. The van der Waals surface area contributed by atoms with Crippen molar-refractivity contribution in [3.05, 3.63) is 0 Å². The van der Waals surface area contributed by atoms with Crippen molar-refractivity contribution in [1.82, 2.24) is 0 Å². The minimum absolute atomic E-state index is 1.20. The van der Waals surface area contributed by atoms with Gasteiger partial charge in [-0.15, -0.1) is 0 Å². The van der Waals surface area contributed by atoms with E-state index in [2.05, 4.69) is 0 Å². The molecule has 51 heavy (non-hydrogen) atoms. The van der Waals surface area contributed by atoms with E-state index in [0.717, 1.165) is 0 Å². The summed E-state index contributed by atoms with van der Waals surface area (Å²) in [6.45, 7) is 0. The van der Waals surface area contributed by atoms with Crippen LogP contribution in [0.2, 0.25) is 0 Å². The molecule has 0 fully saturated rings. The molecule has 0 aliphatic heterocycles. The van der Waals surface area contributed by atoms with Crippen LogP contribution >= 0.6 is 0 Å². The summed E-state index contributed by atoms with van der Waals surface area (Å²) in [5, 5.41) is 0. The molecule has 0 rings (SSSR count). The summed E-state index contributed by atoms with van der Waals surface area (Å²) in [5.41, 5.74) is 0. The van der Waals surface area contributed by atoms with E-state index in [9.17, 15) is 0 Å². The van der Waals surface area contributed by atoms with Crippen LogP contribution in [-0.4, -0.2) is 200 Å². The molecule has 0 spiro atoms. The second-order valence-corrected chi connectivity index (χ2v) is 29.5. The minimum Gasteiger partial charge on any atom is -0.355 e. The van der Waals surface area contributed by atoms with Gasteiger partial charge in [-0.3, -0.25) is 0 Å². The fourth-order valence-electron chi connectivity index (χ4n) is 3.57. The third kappa shape index (κ3) is 12.9. The van der Waals surface area contributed by atoms with Gasteiger partial charge < -0.3 is 108 Å². The van der Waals surface area contributed by atoms with Crippen LogP contribution in [0.15, 0.2) is 0 Å². The van der Waals surface area contributed by atoms with Gasteiger partial charge in [0.2, 0.25) is 0 Å². The lowest BCUT2D eigenvalue weighted by Crippen LogP contribution is -2.78. The molecule has 0 amide bonds. The predicted octanol–water partition coefficient (Wildman–Crippen LogP) is -1.78. The Hall–Kier alpha value is 0.735. The van der Waals surface area contributed by atoms with E-state index >= 15 is 0 Å². The highest BCUT2D eigenvalue weighted by Crippen LogP contribution is 2.37. The van der Waals surface area contributed by atoms with Crippen molar-refractivity contribution >= 4 is 72.4 Å². The molecule has 0 saturated carbocycles. The van der Waals surface area contributed by atoms with Crippen LogP contribution in [-0.2, 0) is 108 Å². The quantitative estimate of drug-likeness (QED) is 0.0680. The second kappa shape index (κ2) is 23.1. The fourth-order valence-corrected chi connectivity index (χ4v) is 27.6. The van der Waals surface area contributed by atoms with Gasteiger partial charge in [0.05, 0.1) is 0 Å². The standard InChI is InChI=1S/C18H54O25Si8/c1-19-44(20-2,21-3)37-50(38-45(22-4,23-5)24-6,39-46(25-7,26-8)27-9)43-51(40-47(28-10,29-11)30-12,41-48(31-13,32-14)33-15)42-49(34-16,35-17)36-18/h1-18H3. The Morgan fingerprint density at radius 1 is 0.137 bits per heavy atom. The molecule has 0 aliphatic rings. The molecule has 0 aromatic rings. The smallest absolute Gasteiger partial charge is 0.355 e. The van der Waals surface area contributed by atoms with Gasteiger partial charge in [-0.25, -0.2) is 0 Å². The monoisotopic (exact) mass is 894 g/mol. The van der Waals surface area contributed by atoms with Gasteiger partial charge in [0.1, 0.15) is 0 Å². The normalized spacial score (nSPS) is 14.5.